The standard InChI is InChI=1S/C35H30N2O9/c1-19(38)44-33-30-27(46-35(2,3)34(33)45-28(39)15-12-20-10-13-23(14-11-20)37(41)42)18-26(43-5)29-31(30)36(4)25-17-22-9-7-6-8-21(22)16-24(25)32(29)40/h6-18,33-34H,1-5H3/b15-12+. The summed E-state index contributed by atoms with van der Waals surface area (Å²) in [4.78, 5) is 50.4. The molecule has 0 saturated heterocycles. The Morgan fingerprint density at radius 2 is 1.70 bits per heavy atom. The summed E-state index contributed by atoms with van der Waals surface area (Å²) >= 11 is 0. The van der Waals surface area contributed by atoms with Gasteiger partial charge in [0.15, 0.2) is 12.2 Å². The number of methoxy groups -OCH3 is 1. The van der Waals surface area contributed by atoms with Gasteiger partial charge in [-0.05, 0) is 60.5 Å². The minimum Gasteiger partial charge on any atom is -0.496 e. The zero-order valence-electron chi connectivity index (χ0n) is 25.7. The molecule has 1 aliphatic heterocycles. The van der Waals surface area contributed by atoms with Gasteiger partial charge >= 0.3 is 11.9 Å². The molecule has 5 aromatic rings. The van der Waals surface area contributed by atoms with Crippen molar-refractivity contribution >= 4 is 56.3 Å². The van der Waals surface area contributed by atoms with Gasteiger partial charge in [0, 0.05) is 43.6 Å². The van der Waals surface area contributed by atoms with Crippen molar-refractivity contribution < 1.29 is 33.5 Å². The van der Waals surface area contributed by atoms with Crippen LogP contribution in [0.4, 0.5) is 5.69 Å². The van der Waals surface area contributed by atoms with Gasteiger partial charge in [0.1, 0.15) is 17.1 Å². The van der Waals surface area contributed by atoms with E-state index in [9.17, 15) is 24.5 Å². The maximum atomic E-state index is 14.2. The number of aryl methyl sites for hydroxylation is 1. The zero-order chi connectivity index (χ0) is 32.9. The molecule has 4 aromatic carbocycles. The molecule has 11 heteroatoms. The van der Waals surface area contributed by atoms with Crippen LogP contribution < -0.4 is 14.9 Å². The van der Waals surface area contributed by atoms with Crippen molar-refractivity contribution in [2.24, 2.45) is 7.05 Å². The molecule has 1 aliphatic rings. The molecule has 0 radical (unpaired) electrons. The van der Waals surface area contributed by atoms with Gasteiger partial charge in [-0.2, -0.15) is 0 Å². The van der Waals surface area contributed by atoms with Crippen LogP contribution in [0.25, 0.3) is 38.7 Å². The Kier molecular flexibility index (Phi) is 7.47. The van der Waals surface area contributed by atoms with E-state index < -0.39 is 34.7 Å². The highest BCUT2D eigenvalue weighted by atomic mass is 16.6. The minimum atomic E-state index is -1.20. The van der Waals surface area contributed by atoms with Crippen LogP contribution >= 0.6 is 0 Å². The lowest BCUT2D eigenvalue weighted by Crippen LogP contribution is -2.52. The number of benzene rings is 4. The van der Waals surface area contributed by atoms with Gasteiger partial charge in [-0.15, -0.1) is 0 Å². The van der Waals surface area contributed by atoms with E-state index >= 15 is 0 Å². The summed E-state index contributed by atoms with van der Waals surface area (Å²) in [5.41, 5.74) is 0.383. The van der Waals surface area contributed by atoms with Gasteiger partial charge in [0.05, 0.1) is 34.0 Å². The van der Waals surface area contributed by atoms with Crippen molar-refractivity contribution in [2.45, 2.75) is 38.6 Å². The number of nitro groups is 1. The number of ether oxygens (including phenoxy) is 4. The number of hydrogen-bond acceptors (Lipinski definition) is 9. The first-order valence-electron chi connectivity index (χ1n) is 14.4. The highest BCUT2D eigenvalue weighted by Crippen LogP contribution is 2.49. The van der Waals surface area contributed by atoms with E-state index in [0.717, 1.165) is 10.8 Å². The maximum absolute atomic E-state index is 14.2. The molecule has 2 heterocycles. The summed E-state index contributed by atoms with van der Waals surface area (Å²) in [6.45, 7) is 4.65. The lowest BCUT2D eigenvalue weighted by molar-refractivity contribution is -0.384. The van der Waals surface area contributed by atoms with Crippen LogP contribution in [0.15, 0.2) is 77.6 Å². The summed E-state index contributed by atoms with van der Waals surface area (Å²) in [5, 5.41) is 13.5. The molecule has 11 nitrogen and oxygen atoms in total. The van der Waals surface area contributed by atoms with Crippen molar-refractivity contribution in [2.75, 3.05) is 7.11 Å². The van der Waals surface area contributed by atoms with Gasteiger partial charge in [-0.3, -0.25) is 19.7 Å². The Hall–Kier alpha value is -5.71. The molecule has 1 aromatic heterocycles. The van der Waals surface area contributed by atoms with Crippen LogP contribution in [0.1, 0.15) is 38.0 Å². The van der Waals surface area contributed by atoms with E-state index in [1.165, 1.54) is 50.5 Å². The van der Waals surface area contributed by atoms with E-state index in [2.05, 4.69) is 0 Å². The third-order valence-corrected chi connectivity index (χ3v) is 8.19. The molecule has 0 spiro atoms. The summed E-state index contributed by atoms with van der Waals surface area (Å²) in [5.74, 6) is -0.797. The number of aromatic nitrogens is 1. The molecule has 2 atom stereocenters. The fourth-order valence-electron chi connectivity index (χ4n) is 6.06. The van der Waals surface area contributed by atoms with Gasteiger partial charge in [-0.1, -0.05) is 24.3 Å². The molecule has 46 heavy (non-hydrogen) atoms. The Morgan fingerprint density at radius 1 is 1.02 bits per heavy atom. The van der Waals surface area contributed by atoms with Crippen molar-refractivity contribution in [3.63, 3.8) is 0 Å². The lowest BCUT2D eigenvalue weighted by atomic mass is 9.86. The Labute approximate surface area is 262 Å². The first-order chi connectivity index (χ1) is 21.9. The van der Waals surface area contributed by atoms with Crippen molar-refractivity contribution in [3.8, 4) is 11.5 Å². The molecule has 0 bridgehead atoms. The number of non-ortho nitro benzene ring substituents is 1. The predicted octanol–water partition coefficient (Wildman–Crippen LogP) is 6.16. The van der Waals surface area contributed by atoms with E-state index in [4.69, 9.17) is 18.9 Å². The number of esters is 2. The molecule has 6 rings (SSSR count). The Bertz CT molecular complexity index is 2160. The van der Waals surface area contributed by atoms with Gasteiger partial charge < -0.3 is 23.5 Å². The van der Waals surface area contributed by atoms with E-state index in [1.54, 1.807) is 27.0 Å². The number of nitrogens with zero attached hydrogens (tertiary/aromatic N) is 2. The zero-order valence-corrected chi connectivity index (χ0v) is 25.7. The summed E-state index contributed by atoms with van der Waals surface area (Å²) in [6.07, 6.45) is 0.331. The lowest BCUT2D eigenvalue weighted by Gasteiger charge is -2.43. The fraction of sp³-hybridized carbons (Fsp3) is 0.229. The van der Waals surface area contributed by atoms with Crippen LogP contribution in [0, 0.1) is 10.1 Å². The maximum Gasteiger partial charge on any atom is 0.331 e. The summed E-state index contributed by atoms with van der Waals surface area (Å²) < 4.78 is 25.8. The minimum absolute atomic E-state index is 0.0806. The molecule has 0 N–H and O–H groups in total. The normalized spacial score (nSPS) is 17.1. The molecule has 0 saturated carbocycles. The first kappa shape index (κ1) is 30.3. The van der Waals surface area contributed by atoms with Gasteiger partial charge in [0.25, 0.3) is 5.69 Å². The van der Waals surface area contributed by atoms with Gasteiger partial charge in [-0.25, -0.2) is 4.79 Å². The van der Waals surface area contributed by atoms with Crippen LogP contribution in [-0.4, -0.2) is 40.2 Å². The van der Waals surface area contributed by atoms with Crippen LogP contribution in [0.3, 0.4) is 0 Å². The average molecular weight is 623 g/mol. The summed E-state index contributed by atoms with van der Waals surface area (Å²) in [6, 6.07) is 18.7. The highest BCUT2D eigenvalue weighted by Gasteiger charge is 2.50. The van der Waals surface area contributed by atoms with Crippen molar-refractivity contribution in [3.05, 3.63) is 104 Å². The first-order valence-corrected chi connectivity index (χ1v) is 14.4. The predicted molar refractivity (Wildman–Crippen MR) is 172 cm³/mol. The number of hydrogen-bond donors (Lipinski definition) is 0. The monoisotopic (exact) mass is 622 g/mol. The van der Waals surface area contributed by atoms with Crippen molar-refractivity contribution in [1.82, 2.24) is 4.57 Å². The number of carbonyl (C=O) groups is 2. The van der Waals surface area contributed by atoms with Gasteiger partial charge in [0.2, 0.25) is 5.43 Å². The smallest absolute Gasteiger partial charge is 0.331 e. The van der Waals surface area contributed by atoms with Crippen LogP contribution in [-0.2, 0) is 26.1 Å². The number of fused-ring (bicyclic) bond motifs is 5. The molecule has 0 aliphatic carbocycles. The molecule has 234 valence electrons. The topological polar surface area (TPSA) is 136 Å². The Morgan fingerprint density at radius 3 is 2.33 bits per heavy atom. The second kappa shape index (κ2) is 11.3. The number of nitro benzene ring substituents is 1. The summed E-state index contributed by atoms with van der Waals surface area (Å²) in [7, 11) is 3.27. The molecule has 0 amide bonds. The molecular weight excluding hydrogens is 592 g/mol. The second-order valence-corrected chi connectivity index (χ2v) is 11.6. The quantitative estimate of drug-likeness (QED) is 0.0717. The third-order valence-electron chi connectivity index (χ3n) is 8.19. The fourth-order valence-corrected chi connectivity index (χ4v) is 6.06. The van der Waals surface area contributed by atoms with Crippen molar-refractivity contribution in [1.29, 1.82) is 0 Å². The van der Waals surface area contributed by atoms with E-state index in [0.29, 0.717) is 33.3 Å². The second-order valence-electron chi connectivity index (χ2n) is 11.6. The average Bonchev–Trinajstić information content (AvgIpc) is 3.02. The third kappa shape index (κ3) is 5.19. The van der Waals surface area contributed by atoms with Crippen LogP contribution in [0.5, 0.6) is 11.5 Å². The number of rotatable bonds is 6. The highest BCUT2D eigenvalue weighted by molar-refractivity contribution is 6.04. The van der Waals surface area contributed by atoms with Crippen LogP contribution in [0.2, 0.25) is 0 Å². The number of carbonyl (C=O) groups excluding carboxylic acids is 2. The largest absolute Gasteiger partial charge is 0.496 e. The number of pyridine rings is 1. The van der Waals surface area contributed by atoms with E-state index in [-0.39, 0.29) is 22.3 Å². The molecule has 2 unspecified atom stereocenters. The molecular formula is C35H30N2O9. The Balaban J connectivity index is 1.52. The van der Waals surface area contributed by atoms with E-state index in [1.807, 2.05) is 41.0 Å². The SMILES string of the molecule is COc1cc2c(c3c1c(=O)c1cc4ccccc4cc1n3C)C(OC(C)=O)C(OC(=O)/C=C/c1ccc([N+](=O)[O-])cc1)C(C)(C)O2. The molecule has 0 fully saturated rings.